The number of nitrogens with zero attached hydrogens (tertiary/aromatic N) is 1. The van der Waals surface area contributed by atoms with Gasteiger partial charge in [0.05, 0.1) is 9.80 Å². The van der Waals surface area contributed by atoms with Gasteiger partial charge in [-0.1, -0.05) is 30.3 Å². The van der Waals surface area contributed by atoms with Crippen LogP contribution >= 0.6 is 11.8 Å². The number of hydrazine groups is 1. The molecule has 1 saturated heterocycles. The zero-order valence-corrected chi connectivity index (χ0v) is 16.3. The van der Waals surface area contributed by atoms with Gasteiger partial charge in [-0.25, -0.2) is 12.8 Å². The number of carbonyl (C=O) groups is 3. The first kappa shape index (κ1) is 20.7. The summed E-state index contributed by atoms with van der Waals surface area (Å²) in [4.78, 5) is 39.0. The van der Waals surface area contributed by atoms with Gasteiger partial charge in [-0.2, -0.15) is 0 Å². The highest BCUT2D eigenvalue weighted by Crippen LogP contribution is 2.31. The second-order valence-corrected chi connectivity index (χ2v) is 8.46. The summed E-state index contributed by atoms with van der Waals surface area (Å²) >= 11 is 0.629. The fourth-order valence-corrected chi connectivity index (χ4v) is 4.03. The summed E-state index contributed by atoms with van der Waals surface area (Å²) in [7, 11) is -3.99. The number of rotatable bonds is 6. The minimum atomic E-state index is -3.99. The quantitative estimate of drug-likeness (QED) is 0.529. The molecule has 0 radical (unpaired) electrons. The number of benzene rings is 2. The molecule has 0 atom stereocenters. The molecule has 150 valence electrons. The lowest BCUT2D eigenvalue weighted by Gasteiger charge is -2.13. The maximum atomic E-state index is 13.0. The Morgan fingerprint density at radius 1 is 1.07 bits per heavy atom. The SMILES string of the molecule is O=C(CN1C(=O)SC(=Cc2ccc(F)cc2)C1=O)NNS(=O)(=O)c1ccccc1. The van der Waals surface area contributed by atoms with E-state index in [1.54, 1.807) is 6.07 Å². The van der Waals surface area contributed by atoms with E-state index in [-0.39, 0.29) is 9.80 Å². The van der Waals surface area contributed by atoms with Gasteiger partial charge in [-0.15, -0.1) is 4.83 Å². The number of amides is 3. The molecule has 0 unspecified atom stereocenters. The number of sulfonamides is 1. The first-order chi connectivity index (χ1) is 13.8. The molecule has 0 aliphatic carbocycles. The van der Waals surface area contributed by atoms with Crippen molar-refractivity contribution in [1.29, 1.82) is 0 Å². The predicted octanol–water partition coefficient (Wildman–Crippen LogP) is 1.87. The van der Waals surface area contributed by atoms with Crippen molar-refractivity contribution in [2.24, 2.45) is 0 Å². The average molecular weight is 435 g/mol. The second-order valence-electron chi connectivity index (χ2n) is 5.79. The molecule has 1 aliphatic rings. The molecule has 29 heavy (non-hydrogen) atoms. The van der Waals surface area contributed by atoms with E-state index in [4.69, 9.17) is 0 Å². The molecule has 0 spiro atoms. The normalized spacial score (nSPS) is 15.8. The highest BCUT2D eigenvalue weighted by atomic mass is 32.2. The Bertz CT molecular complexity index is 1090. The Hall–Kier alpha value is -3.02. The van der Waals surface area contributed by atoms with Crippen molar-refractivity contribution < 1.29 is 27.2 Å². The smallest absolute Gasteiger partial charge is 0.276 e. The molecule has 0 bridgehead atoms. The summed E-state index contributed by atoms with van der Waals surface area (Å²) in [5, 5.41) is -0.676. The van der Waals surface area contributed by atoms with Crippen LogP contribution in [-0.2, 0) is 19.6 Å². The van der Waals surface area contributed by atoms with Crippen LogP contribution in [0.1, 0.15) is 5.56 Å². The van der Waals surface area contributed by atoms with Crippen LogP contribution in [0.4, 0.5) is 9.18 Å². The first-order valence-electron chi connectivity index (χ1n) is 8.13. The molecule has 1 heterocycles. The lowest BCUT2D eigenvalue weighted by molar-refractivity contribution is -0.129. The van der Waals surface area contributed by atoms with E-state index in [0.717, 1.165) is 0 Å². The van der Waals surface area contributed by atoms with Gasteiger partial charge in [0.15, 0.2) is 0 Å². The lowest BCUT2D eigenvalue weighted by Crippen LogP contribution is -2.47. The van der Waals surface area contributed by atoms with Crippen molar-refractivity contribution in [2.45, 2.75) is 4.90 Å². The maximum absolute atomic E-state index is 13.0. The molecule has 2 aromatic carbocycles. The summed E-state index contributed by atoms with van der Waals surface area (Å²) in [6.45, 7) is -0.664. The van der Waals surface area contributed by atoms with Crippen LogP contribution in [0.2, 0.25) is 0 Å². The van der Waals surface area contributed by atoms with Crippen LogP contribution in [0.5, 0.6) is 0 Å². The second kappa shape index (κ2) is 8.55. The van der Waals surface area contributed by atoms with Crippen molar-refractivity contribution in [3.63, 3.8) is 0 Å². The number of halogens is 1. The van der Waals surface area contributed by atoms with Gasteiger partial charge in [-0.3, -0.25) is 24.7 Å². The molecule has 2 N–H and O–H groups in total. The maximum Gasteiger partial charge on any atom is 0.294 e. The van der Waals surface area contributed by atoms with Crippen LogP contribution in [0.15, 0.2) is 64.4 Å². The van der Waals surface area contributed by atoms with E-state index in [0.29, 0.717) is 22.2 Å². The lowest BCUT2D eigenvalue weighted by atomic mass is 10.2. The molecule has 0 aromatic heterocycles. The van der Waals surface area contributed by atoms with Gasteiger partial charge < -0.3 is 0 Å². The molecule has 3 amide bonds. The van der Waals surface area contributed by atoms with Crippen LogP contribution in [0.3, 0.4) is 0 Å². The Morgan fingerprint density at radius 2 is 1.72 bits per heavy atom. The van der Waals surface area contributed by atoms with Crippen molar-refractivity contribution in [1.82, 2.24) is 15.2 Å². The summed E-state index contributed by atoms with van der Waals surface area (Å²) in [5.74, 6) is -2.04. The van der Waals surface area contributed by atoms with Crippen LogP contribution < -0.4 is 10.3 Å². The standard InChI is InChI=1S/C18H14FN3O5S2/c19-13-8-6-12(7-9-13)10-15-17(24)22(18(25)28-15)11-16(23)20-21-29(26,27)14-4-2-1-3-5-14/h1-10,21H,11H2,(H,20,23). The largest absolute Gasteiger partial charge is 0.294 e. The average Bonchev–Trinajstić information content (AvgIpc) is 2.96. The van der Waals surface area contributed by atoms with Gasteiger partial charge in [0.2, 0.25) is 0 Å². The number of carbonyl (C=O) groups excluding carboxylic acids is 3. The van der Waals surface area contributed by atoms with Crippen LogP contribution in [-0.4, -0.2) is 36.9 Å². The summed E-state index contributed by atoms with van der Waals surface area (Å²) in [6.07, 6.45) is 1.40. The van der Waals surface area contributed by atoms with Gasteiger partial charge in [0, 0.05) is 0 Å². The van der Waals surface area contributed by atoms with E-state index >= 15 is 0 Å². The van der Waals surface area contributed by atoms with Crippen molar-refractivity contribution >= 4 is 44.9 Å². The molecule has 3 rings (SSSR count). The molecule has 2 aromatic rings. The monoisotopic (exact) mass is 435 g/mol. The first-order valence-corrected chi connectivity index (χ1v) is 10.4. The van der Waals surface area contributed by atoms with Gasteiger partial charge in [0.25, 0.3) is 27.1 Å². The topological polar surface area (TPSA) is 113 Å². The number of thioether (sulfide) groups is 1. The zero-order valence-electron chi connectivity index (χ0n) is 14.7. The summed E-state index contributed by atoms with van der Waals surface area (Å²) in [5.41, 5.74) is 2.48. The van der Waals surface area contributed by atoms with Gasteiger partial charge >= 0.3 is 0 Å². The van der Waals surface area contributed by atoms with Gasteiger partial charge in [-0.05, 0) is 47.7 Å². The third-order valence-electron chi connectivity index (χ3n) is 3.72. The van der Waals surface area contributed by atoms with Crippen LogP contribution in [0.25, 0.3) is 6.08 Å². The van der Waals surface area contributed by atoms with E-state index in [2.05, 4.69) is 0 Å². The zero-order chi connectivity index (χ0) is 21.0. The number of hydrogen-bond donors (Lipinski definition) is 2. The third-order valence-corrected chi connectivity index (χ3v) is 5.89. The molecular formula is C18H14FN3O5S2. The third kappa shape index (κ3) is 5.08. The minimum Gasteiger partial charge on any atom is -0.276 e. The Labute approximate surface area is 169 Å². The molecular weight excluding hydrogens is 421 g/mol. The molecule has 8 nitrogen and oxygen atoms in total. The molecule has 1 aliphatic heterocycles. The molecule has 0 saturated carbocycles. The molecule has 11 heteroatoms. The Balaban J connectivity index is 1.62. The van der Waals surface area contributed by atoms with Crippen molar-refractivity contribution in [2.75, 3.05) is 6.54 Å². The number of hydrogen-bond acceptors (Lipinski definition) is 6. The number of imide groups is 1. The van der Waals surface area contributed by atoms with E-state index in [9.17, 15) is 27.2 Å². The molecule has 1 fully saturated rings. The van der Waals surface area contributed by atoms with E-state index < -0.39 is 39.4 Å². The van der Waals surface area contributed by atoms with Crippen LogP contribution in [0, 0.1) is 5.82 Å². The Morgan fingerprint density at radius 3 is 2.38 bits per heavy atom. The highest BCUT2D eigenvalue weighted by Gasteiger charge is 2.36. The minimum absolute atomic E-state index is 0.0614. The van der Waals surface area contributed by atoms with Crippen molar-refractivity contribution in [3.05, 3.63) is 70.9 Å². The fourth-order valence-electron chi connectivity index (χ4n) is 2.31. The number of nitrogens with one attached hydrogen (secondary N) is 2. The van der Waals surface area contributed by atoms with Gasteiger partial charge in [0.1, 0.15) is 12.4 Å². The van der Waals surface area contributed by atoms with E-state index in [1.807, 2.05) is 10.3 Å². The summed E-state index contributed by atoms with van der Waals surface area (Å²) in [6, 6.07) is 12.6. The fraction of sp³-hybridized carbons (Fsp3) is 0.0556. The van der Waals surface area contributed by atoms with Crippen molar-refractivity contribution in [3.8, 4) is 0 Å². The van der Waals surface area contributed by atoms with E-state index in [1.165, 1.54) is 54.6 Å². The summed E-state index contributed by atoms with van der Waals surface area (Å²) < 4.78 is 37.1. The predicted molar refractivity (Wildman–Crippen MR) is 104 cm³/mol. The Kier molecular flexibility index (Phi) is 6.11. The highest BCUT2D eigenvalue weighted by molar-refractivity contribution is 8.18.